The van der Waals surface area contributed by atoms with Gasteiger partial charge in [-0.1, -0.05) is 43.5 Å². The molecule has 0 spiro atoms. The van der Waals surface area contributed by atoms with Gasteiger partial charge in [-0.25, -0.2) is 13.4 Å². The molecule has 5 rings (SSSR count). The lowest BCUT2D eigenvalue weighted by atomic mass is 10.0. The van der Waals surface area contributed by atoms with Crippen molar-refractivity contribution in [1.82, 2.24) is 24.4 Å². The van der Waals surface area contributed by atoms with Crippen molar-refractivity contribution >= 4 is 27.7 Å². The molecule has 2 fully saturated rings. The first-order valence-electron chi connectivity index (χ1n) is 11.9. The van der Waals surface area contributed by atoms with Crippen LogP contribution in [-0.4, -0.2) is 70.6 Å². The molecule has 2 heterocycles. The first-order chi connectivity index (χ1) is 16.0. The minimum Gasteiger partial charge on any atom is -0.339 e. The van der Waals surface area contributed by atoms with Gasteiger partial charge < -0.3 is 4.90 Å². The van der Waals surface area contributed by atoms with Gasteiger partial charge in [0, 0.05) is 32.6 Å². The van der Waals surface area contributed by atoms with Gasteiger partial charge in [0.1, 0.15) is 5.82 Å². The number of H-pyrrole nitrogens is 1. The SMILES string of the molecule is O=C(CSc1n[nH]c(CC2CCCC2)n1)N1CCN(S(=O)(=O)c2ccc3c(c2)CCC3)CC1. The van der Waals surface area contributed by atoms with Crippen LogP contribution in [0.15, 0.2) is 28.3 Å². The van der Waals surface area contributed by atoms with E-state index in [-0.39, 0.29) is 11.7 Å². The predicted molar refractivity (Wildman–Crippen MR) is 127 cm³/mol. The average Bonchev–Trinajstić information content (AvgIpc) is 3.59. The second-order valence-electron chi connectivity index (χ2n) is 9.28. The van der Waals surface area contributed by atoms with Crippen LogP contribution >= 0.6 is 11.8 Å². The molecule has 10 heteroatoms. The molecular weight excluding hydrogens is 458 g/mol. The lowest BCUT2D eigenvalue weighted by Gasteiger charge is -2.34. The van der Waals surface area contributed by atoms with Crippen molar-refractivity contribution in [3.8, 4) is 0 Å². The normalized spacial score (nSPS) is 19.8. The number of hydrogen-bond acceptors (Lipinski definition) is 6. The van der Waals surface area contributed by atoms with Gasteiger partial charge in [0.15, 0.2) is 0 Å². The molecular formula is C23H31N5O3S2. The third-order valence-corrected chi connectivity index (χ3v) is 9.82. The van der Waals surface area contributed by atoms with Crippen LogP contribution in [-0.2, 0) is 34.1 Å². The van der Waals surface area contributed by atoms with Crippen molar-refractivity contribution < 1.29 is 13.2 Å². The zero-order chi connectivity index (χ0) is 22.8. The highest BCUT2D eigenvalue weighted by Crippen LogP contribution is 2.28. The molecule has 0 unspecified atom stereocenters. The van der Waals surface area contributed by atoms with Crippen molar-refractivity contribution in [3.05, 3.63) is 35.2 Å². The lowest BCUT2D eigenvalue weighted by Crippen LogP contribution is -2.51. The highest BCUT2D eigenvalue weighted by Gasteiger charge is 2.31. The fourth-order valence-corrected chi connectivity index (χ4v) is 7.37. The van der Waals surface area contributed by atoms with Crippen molar-refractivity contribution in [3.63, 3.8) is 0 Å². The molecule has 0 radical (unpaired) electrons. The molecule has 8 nitrogen and oxygen atoms in total. The molecule has 3 aliphatic rings. The lowest BCUT2D eigenvalue weighted by molar-refractivity contribution is -0.129. The van der Waals surface area contributed by atoms with Crippen LogP contribution in [0.3, 0.4) is 0 Å². The van der Waals surface area contributed by atoms with E-state index in [2.05, 4.69) is 15.2 Å². The number of thioether (sulfide) groups is 1. The Morgan fingerprint density at radius 3 is 2.61 bits per heavy atom. The second-order valence-corrected chi connectivity index (χ2v) is 12.2. The highest BCUT2D eigenvalue weighted by atomic mass is 32.2. The number of aryl methyl sites for hydroxylation is 2. The number of rotatable bonds is 7. The Labute approximate surface area is 199 Å². The van der Waals surface area contributed by atoms with E-state index in [1.165, 1.54) is 47.3 Å². The Balaban J connectivity index is 1.11. The summed E-state index contributed by atoms with van der Waals surface area (Å²) in [7, 11) is -3.53. The van der Waals surface area contributed by atoms with Gasteiger partial charge in [-0.05, 0) is 48.4 Å². The van der Waals surface area contributed by atoms with E-state index >= 15 is 0 Å². The maximum atomic E-state index is 13.1. The Morgan fingerprint density at radius 2 is 1.82 bits per heavy atom. The molecule has 0 atom stereocenters. The number of amides is 1. The van der Waals surface area contributed by atoms with E-state index in [1.54, 1.807) is 11.0 Å². The third-order valence-electron chi connectivity index (χ3n) is 7.09. The first kappa shape index (κ1) is 22.9. The standard InChI is InChI=1S/C23H31N5O3S2/c29-22(16-32-23-24-21(25-26-23)14-17-4-1-2-5-17)27-10-12-28(13-11-27)33(30,31)20-9-8-18-6-3-7-19(18)15-20/h8-9,15,17H,1-7,10-14,16H2,(H,24,25,26). The highest BCUT2D eigenvalue weighted by molar-refractivity contribution is 7.99. The van der Waals surface area contributed by atoms with Crippen LogP contribution < -0.4 is 0 Å². The van der Waals surface area contributed by atoms with Crippen molar-refractivity contribution in [2.45, 2.75) is 61.4 Å². The van der Waals surface area contributed by atoms with Gasteiger partial charge in [-0.3, -0.25) is 9.89 Å². The molecule has 1 saturated heterocycles. The molecule has 178 valence electrons. The number of nitrogens with one attached hydrogen (secondary N) is 1. The number of fused-ring (bicyclic) bond motifs is 1. The van der Waals surface area contributed by atoms with Gasteiger partial charge >= 0.3 is 0 Å². The van der Waals surface area contributed by atoms with Crippen LogP contribution in [0.25, 0.3) is 0 Å². The Bertz CT molecular complexity index is 1100. The van der Waals surface area contributed by atoms with Gasteiger partial charge in [0.2, 0.25) is 21.1 Å². The number of carbonyl (C=O) groups excluding carboxylic acids is 1. The maximum Gasteiger partial charge on any atom is 0.243 e. The maximum absolute atomic E-state index is 13.1. The van der Waals surface area contributed by atoms with Crippen LogP contribution in [0.4, 0.5) is 0 Å². The van der Waals surface area contributed by atoms with Crippen molar-refractivity contribution in [2.24, 2.45) is 5.92 Å². The summed E-state index contributed by atoms with van der Waals surface area (Å²) >= 11 is 1.34. The predicted octanol–water partition coefficient (Wildman–Crippen LogP) is 2.65. The number of sulfonamides is 1. The number of aromatic amines is 1. The molecule has 33 heavy (non-hydrogen) atoms. The smallest absolute Gasteiger partial charge is 0.243 e. The molecule has 0 bridgehead atoms. The molecule has 2 aromatic rings. The van der Waals surface area contributed by atoms with E-state index in [0.29, 0.717) is 42.1 Å². The topological polar surface area (TPSA) is 99.3 Å². The molecule has 1 N–H and O–H groups in total. The minimum absolute atomic E-state index is 0.00304. The summed E-state index contributed by atoms with van der Waals surface area (Å²) in [6.07, 6.45) is 9.13. The van der Waals surface area contributed by atoms with E-state index in [9.17, 15) is 13.2 Å². The summed E-state index contributed by atoms with van der Waals surface area (Å²) < 4.78 is 27.7. The Morgan fingerprint density at radius 1 is 1.06 bits per heavy atom. The van der Waals surface area contributed by atoms with Crippen LogP contribution in [0.1, 0.15) is 49.1 Å². The minimum atomic E-state index is -3.53. The number of benzene rings is 1. The van der Waals surface area contributed by atoms with Crippen molar-refractivity contribution in [1.29, 1.82) is 0 Å². The molecule has 1 aliphatic heterocycles. The molecule has 1 aromatic carbocycles. The number of carbonyl (C=O) groups is 1. The van der Waals surface area contributed by atoms with E-state index in [0.717, 1.165) is 37.1 Å². The second kappa shape index (κ2) is 9.76. The summed E-state index contributed by atoms with van der Waals surface area (Å²) in [5, 5.41) is 7.86. The van der Waals surface area contributed by atoms with E-state index in [1.807, 2.05) is 12.1 Å². The van der Waals surface area contributed by atoms with Gasteiger partial charge in [0.05, 0.1) is 10.6 Å². The van der Waals surface area contributed by atoms with E-state index in [4.69, 9.17) is 0 Å². The van der Waals surface area contributed by atoms with Crippen LogP contribution in [0.2, 0.25) is 0 Å². The Hall–Kier alpha value is -1.91. The summed E-state index contributed by atoms with van der Waals surface area (Å²) in [4.78, 5) is 19.3. The quantitative estimate of drug-likeness (QED) is 0.601. The number of piperazine rings is 1. The van der Waals surface area contributed by atoms with Gasteiger partial charge in [0.25, 0.3) is 0 Å². The number of hydrogen-bond donors (Lipinski definition) is 1. The number of nitrogens with zero attached hydrogens (tertiary/aromatic N) is 4. The third kappa shape index (κ3) is 5.12. The molecule has 1 aromatic heterocycles. The Kier molecular flexibility index (Phi) is 6.76. The molecule has 1 saturated carbocycles. The first-order valence-corrected chi connectivity index (χ1v) is 14.4. The van der Waals surface area contributed by atoms with Crippen LogP contribution in [0.5, 0.6) is 0 Å². The average molecular weight is 490 g/mol. The summed E-state index contributed by atoms with van der Waals surface area (Å²) in [6.45, 7) is 1.46. The molecule has 1 amide bonds. The zero-order valence-corrected chi connectivity index (χ0v) is 20.5. The summed E-state index contributed by atoms with van der Waals surface area (Å²) in [5.74, 6) is 1.86. The fourth-order valence-electron chi connectivity index (χ4n) is 5.17. The summed E-state index contributed by atoms with van der Waals surface area (Å²) in [5.41, 5.74) is 2.42. The molecule has 2 aliphatic carbocycles. The van der Waals surface area contributed by atoms with Gasteiger partial charge in [-0.2, -0.15) is 4.31 Å². The number of aromatic nitrogens is 3. The fraction of sp³-hybridized carbons (Fsp3) is 0.609. The van der Waals surface area contributed by atoms with E-state index < -0.39 is 10.0 Å². The zero-order valence-electron chi connectivity index (χ0n) is 18.8. The van der Waals surface area contributed by atoms with Gasteiger partial charge in [-0.15, -0.1) is 5.10 Å². The largest absolute Gasteiger partial charge is 0.339 e. The summed E-state index contributed by atoms with van der Waals surface area (Å²) in [6, 6.07) is 5.52. The van der Waals surface area contributed by atoms with Crippen LogP contribution in [0, 0.1) is 5.92 Å². The van der Waals surface area contributed by atoms with Crippen molar-refractivity contribution in [2.75, 3.05) is 31.9 Å². The monoisotopic (exact) mass is 489 g/mol.